The number of aromatic amines is 1. The second-order valence-corrected chi connectivity index (χ2v) is 6.78. The molecule has 0 radical (unpaired) electrons. The zero-order valence-corrected chi connectivity index (χ0v) is 16.7. The van der Waals surface area contributed by atoms with Crippen LogP contribution in [-0.4, -0.2) is 36.6 Å². The van der Waals surface area contributed by atoms with Crippen LogP contribution < -0.4 is 10.1 Å². The highest BCUT2D eigenvalue weighted by atomic mass is 16.5. The van der Waals surface area contributed by atoms with Gasteiger partial charge in [-0.25, -0.2) is 4.98 Å². The van der Waals surface area contributed by atoms with Crippen molar-refractivity contribution in [2.45, 2.75) is 13.5 Å². The molecule has 29 heavy (non-hydrogen) atoms. The first-order valence-corrected chi connectivity index (χ1v) is 9.51. The maximum atomic E-state index is 12.5. The average molecular weight is 389 g/mol. The Morgan fingerprint density at radius 2 is 1.83 bits per heavy atom. The maximum Gasteiger partial charge on any atom is 0.270 e. The van der Waals surface area contributed by atoms with Crippen molar-refractivity contribution < 1.29 is 14.3 Å². The fourth-order valence-corrected chi connectivity index (χ4v) is 3.65. The summed E-state index contributed by atoms with van der Waals surface area (Å²) in [4.78, 5) is 20.3. The van der Waals surface area contributed by atoms with Crippen molar-refractivity contribution >= 4 is 27.7 Å². The number of H-pyrrole nitrogens is 1. The van der Waals surface area contributed by atoms with Crippen molar-refractivity contribution in [2.24, 2.45) is 0 Å². The molecule has 0 aliphatic heterocycles. The van der Waals surface area contributed by atoms with E-state index in [1.807, 2.05) is 31.2 Å². The summed E-state index contributed by atoms with van der Waals surface area (Å²) < 4.78 is 10.7. The quantitative estimate of drug-likeness (QED) is 0.516. The zero-order chi connectivity index (χ0) is 20.4. The van der Waals surface area contributed by atoms with Gasteiger partial charge >= 0.3 is 0 Å². The van der Waals surface area contributed by atoms with Gasteiger partial charge in [-0.1, -0.05) is 18.2 Å². The van der Waals surface area contributed by atoms with Crippen molar-refractivity contribution in [2.75, 3.05) is 20.8 Å². The van der Waals surface area contributed by atoms with Crippen LogP contribution in [0.3, 0.4) is 0 Å². The number of carbonyl (C=O) groups is 1. The van der Waals surface area contributed by atoms with E-state index in [9.17, 15) is 4.79 Å². The number of pyridine rings is 1. The molecule has 0 fully saturated rings. The maximum absolute atomic E-state index is 12.5. The van der Waals surface area contributed by atoms with Crippen LogP contribution in [0.4, 0.5) is 0 Å². The monoisotopic (exact) mass is 389 g/mol. The van der Waals surface area contributed by atoms with Gasteiger partial charge in [0.05, 0.1) is 25.4 Å². The van der Waals surface area contributed by atoms with Gasteiger partial charge in [0, 0.05) is 35.5 Å². The van der Waals surface area contributed by atoms with Gasteiger partial charge in [-0.3, -0.25) is 4.79 Å². The number of amides is 1. The Labute approximate surface area is 168 Å². The highest BCUT2D eigenvalue weighted by Gasteiger charge is 2.19. The SMILES string of the molecule is CCNC(=O)c1ncc2[nH]c3ccc(-c4ccc(OC)cc4)cc3c2c1COC. The molecule has 148 valence electrons. The summed E-state index contributed by atoms with van der Waals surface area (Å²) in [6.45, 7) is 2.73. The molecule has 4 rings (SSSR count). The third kappa shape index (κ3) is 3.43. The van der Waals surface area contributed by atoms with Crippen molar-refractivity contribution in [3.63, 3.8) is 0 Å². The lowest BCUT2D eigenvalue weighted by atomic mass is 10.0. The van der Waals surface area contributed by atoms with E-state index in [1.54, 1.807) is 20.4 Å². The number of ether oxygens (including phenoxy) is 2. The number of rotatable bonds is 6. The Kier molecular flexibility index (Phi) is 5.18. The average Bonchev–Trinajstić information content (AvgIpc) is 3.12. The molecule has 0 aliphatic carbocycles. The zero-order valence-electron chi connectivity index (χ0n) is 16.7. The van der Waals surface area contributed by atoms with Crippen molar-refractivity contribution in [3.8, 4) is 16.9 Å². The Morgan fingerprint density at radius 1 is 1.07 bits per heavy atom. The number of nitrogens with one attached hydrogen (secondary N) is 2. The van der Waals surface area contributed by atoms with Crippen LogP contribution in [0.15, 0.2) is 48.7 Å². The summed E-state index contributed by atoms with van der Waals surface area (Å²) in [5, 5.41) is 4.84. The summed E-state index contributed by atoms with van der Waals surface area (Å²) in [6.07, 6.45) is 1.71. The first-order valence-electron chi connectivity index (χ1n) is 9.51. The van der Waals surface area contributed by atoms with Gasteiger partial charge in [0.1, 0.15) is 11.4 Å². The lowest BCUT2D eigenvalue weighted by molar-refractivity contribution is 0.0946. The molecule has 6 nitrogen and oxygen atoms in total. The third-order valence-corrected chi connectivity index (χ3v) is 5.00. The first-order chi connectivity index (χ1) is 14.2. The van der Waals surface area contributed by atoms with Crippen LogP contribution in [0.1, 0.15) is 23.0 Å². The van der Waals surface area contributed by atoms with Crippen LogP contribution >= 0.6 is 0 Å². The number of hydrogen-bond acceptors (Lipinski definition) is 4. The Morgan fingerprint density at radius 3 is 2.52 bits per heavy atom. The molecule has 0 aliphatic rings. The molecule has 0 atom stereocenters. The predicted octanol–water partition coefficient (Wildman–Crippen LogP) is 4.29. The van der Waals surface area contributed by atoms with Crippen LogP contribution in [-0.2, 0) is 11.3 Å². The van der Waals surface area contributed by atoms with E-state index in [0.717, 1.165) is 44.2 Å². The predicted molar refractivity (Wildman–Crippen MR) is 114 cm³/mol. The Bertz CT molecular complexity index is 1180. The molecule has 0 saturated carbocycles. The lowest BCUT2D eigenvalue weighted by Gasteiger charge is -2.10. The number of methoxy groups -OCH3 is 2. The van der Waals surface area contributed by atoms with Crippen LogP contribution in [0.25, 0.3) is 32.9 Å². The smallest absolute Gasteiger partial charge is 0.270 e. The molecule has 2 heterocycles. The number of carbonyl (C=O) groups excluding carboxylic acids is 1. The molecule has 6 heteroatoms. The van der Waals surface area contributed by atoms with Gasteiger partial charge in [0.15, 0.2) is 0 Å². The topological polar surface area (TPSA) is 76.2 Å². The van der Waals surface area contributed by atoms with Gasteiger partial charge in [-0.05, 0) is 42.3 Å². The summed E-state index contributed by atoms with van der Waals surface area (Å²) in [5.74, 6) is 0.629. The number of fused-ring (bicyclic) bond motifs is 3. The van der Waals surface area contributed by atoms with Gasteiger partial charge in [-0.2, -0.15) is 0 Å². The van der Waals surface area contributed by atoms with Crippen molar-refractivity contribution in [1.82, 2.24) is 15.3 Å². The molecule has 0 spiro atoms. The first kappa shape index (κ1) is 19.0. The van der Waals surface area contributed by atoms with E-state index < -0.39 is 0 Å². The van der Waals surface area contributed by atoms with E-state index >= 15 is 0 Å². The highest BCUT2D eigenvalue weighted by Crippen LogP contribution is 2.33. The van der Waals surface area contributed by atoms with E-state index in [0.29, 0.717) is 18.8 Å². The third-order valence-electron chi connectivity index (χ3n) is 5.00. The van der Waals surface area contributed by atoms with Crippen molar-refractivity contribution in [1.29, 1.82) is 0 Å². The minimum atomic E-state index is -0.192. The second kappa shape index (κ2) is 7.93. The Balaban J connectivity index is 1.93. The number of nitrogens with zero attached hydrogens (tertiary/aromatic N) is 1. The van der Waals surface area contributed by atoms with E-state index in [1.165, 1.54) is 0 Å². The van der Waals surface area contributed by atoms with Crippen LogP contribution in [0.5, 0.6) is 5.75 Å². The Hall–Kier alpha value is -3.38. The molecule has 4 aromatic rings. The van der Waals surface area contributed by atoms with Crippen LogP contribution in [0, 0.1) is 0 Å². The molecule has 2 aromatic carbocycles. The highest BCUT2D eigenvalue weighted by molar-refractivity contribution is 6.12. The van der Waals surface area contributed by atoms with Gasteiger partial charge in [-0.15, -0.1) is 0 Å². The molecule has 0 saturated heterocycles. The molecule has 2 aromatic heterocycles. The molecule has 0 unspecified atom stereocenters. The summed E-state index contributed by atoms with van der Waals surface area (Å²) >= 11 is 0. The van der Waals surface area contributed by atoms with E-state index in [2.05, 4.69) is 33.5 Å². The van der Waals surface area contributed by atoms with Crippen LogP contribution in [0.2, 0.25) is 0 Å². The number of aromatic nitrogens is 2. The lowest BCUT2D eigenvalue weighted by Crippen LogP contribution is -2.25. The molecule has 0 bridgehead atoms. The summed E-state index contributed by atoms with van der Waals surface area (Å²) in [7, 11) is 3.28. The van der Waals surface area contributed by atoms with E-state index in [-0.39, 0.29) is 5.91 Å². The summed E-state index contributed by atoms with van der Waals surface area (Å²) in [6, 6.07) is 14.2. The standard InChI is InChI=1S/C23H23N3O3/c1-4-24-23(27)22-18(13-28-2)21-17-11-15(14-5-8-16(29-3)9-6-14)7-10-19(17)26-20(21)12-25-22/h5-12,26H,4,13H2,1-3H3,(H,24,27). The second-order valence-electron chi connectivity index (χ2n) is 6.78. The van der Waals surface area contributed by atoms with E-state index in [4.69, 9.17) is 9.47 Å². The number of hydrogen-bond donors (Lipinski definition) is 2. The number of benzene rings is 2. The minimum absolute atomic E-state index is 0.192. The largest absolute Gasteiger partial charge is 0.497 e. The molecular formula is C23H23N3O3. The molecule has 1 amide bonds. The van der Waals surface area contributed by atoms with Crippen molar-refractivity contribution in [3.05, 3.63) is 59.9 Å². The molecular weight excluding hydrogens is 366 g/mol. The van der Waals surface area contributed by atoms with Gasteiger partial charge in [0.2, 0.25) is 0 Å². The minimum Gasteiger partial charge on any atom is -0.497 e. The molecule has 2 N–H and O–H groups in total. The fourth-order valence-electron chi connectivity index (χ4n) is 3.65. The van der Waals surface area contributed by atoms with Gasteiger partial charge in [0.25, 0.3) is 5.91 Å². The fraction of sp³-hybridized carbons (Fsp3) is 0.217. The normalized spacial score (nSPS) is 11.1. The van der Waals surface area contributed by atoms with Gasteiger partial charge < -0.3 is 19.8 Å². The summed E-state index contributed by atoms with van der Waals surface area (Å²) in [5.41, 5.74) is 5.23.